The zero-order valence-corrected chi connectivity index (χ0v) is 13.9. The molecule has 0 aliphatic rings. The number of anilines is 4. The lowest BCUT2D eigenvalue weighted by molar-refractivity contribution is -0.136. The number of hydrogen-bond acceptors (Lipinski definition) is 5. The van der Waals surface area contributed by atoms with Crippen LogP contribution in [0.3, 0.4) is 0 Å². The summed E-state index contributed by atoms with van der Waals surface area (Å²) in [6.07, 6.45) is -3.01. The van der Waals surface area contributed by atoms with Crippen LogP contribution in [0.15, 0.2) is 60.8 Å². The van der Waals surface area contributed by atoms with E-state index in [9.17, 15) is 13.2 Å². The van der Waals surface area contributed by atoms with E-state index in [1.807, 2.05) is 42.2 Å². The first-order chi connectivity index (χ1) is 12.5. The summed E-state index contributed by atoms with van der Waals surface area (Å²) < 4.78 is 39.4. The Morgan fingerprint density at radius 2 is 1.69 bits per heavy atom. The Bertz CT molecular complexity index is 868. The van der Waals surface area contributed by atoms with Gasteiger partial charge in [-0.1, -0.05) is 30.3 Å². The van der Waals surface area contributed by atoms with Crippen molar-refractivity contribution in [2.24, 2.45) is 0 Å². The van der Waals surface area contributed by atoms with E-state index in [0.29, 0.717) is 12.4 Å². The van der Waals surface area contributed by atoms with Gasteiger partial charge < -0.3 is 10.2 Å². The van der Waals surface area contributed by atoms with Crippen LogP contribution < -0.4 is 10.2 Å². The number of nitrogens with one attached hydrogen (secondary N) is 1. The van der Waals surface area contributed by atoms with Crippen LogP contribution in [0.2, 0.25) is 0 Å². The summed E-state index contributed by atoms with van der Waals surface area (Å²) in [6, 6.07) is 14.7. The van der Waals surface area contributed by atoms with Gasteiger partial charge in [-0.2, -0.15) is 23.3 Å². The van der Waals surface area contributed by atoms with Crippen molar-refractivity contribution in [2.75, 3.05) is 16.8 Å². The number of alkyl halides is 3. The van der Waals surface area contributed by atoms with E-state index in [1.165, 1.54) is 24.4 Å². The summed E-state index contributed by atoms with van der Waals surface area (Å²) in [5.74, 6) is 0.481. The Kier molecular flexibility index (Phi) is 5.01. The third-order valence-electron chi connectivity index (χ3n) is 3.69. The van der Waals surface area contributed by atoms with E-state index in [1.54, 1.807) is 0 Å². The minimum atomic E-state index is -4.48. The second kappa shape index (κ2) is 7.38. The number of para-hydroxylation sites is 2. The highest BCUT2D eigenvalue weighted by atomic mass is 19.4. The quantitative estimate of drug-likeness (QED) is 0.710. The second-order valence-corrected chi connectivity index (χ2v) is 5.39. The van der Waals surface area contributed by atoms with Gasteiger partial charge in [0.05, 0.1) is 17.4 Å². The fourth-order valence-electron chi connectivity index (χ4n) is 2.52. The summed E-state index contributed by atoms with van der Waals surface area (Å²) >= 11 is 0. The van der Waals surface area contributed by atoms with Crippen LogP contribution in [-0.4, -0.2) is 21.7 Å². The largest absolute Gasteiger partial charge is 0.418 e. The first-order valence-corrected chi connectivity index (χ1v) is 7.94. The molecule has 0 fully saturated rings. The van der Waals surface area contributed by atoms with Crippen LogP contribution in [0.4, 0.5) is 36.3 Å². The first kappa shape index (κ1) is 17.7. The molecular formula is C18H16F3N5. The fourth-order valence-corrected chi connectivity index (χ4v) is 2.52. The Morgan fingerprint density at radius 3 is 2.38 bits per heavy atom. The van der Waals surface area contributed by atoms with Crippen LogP contribution in [0.5, 0.6) is 0 Å². The average Bonchev–Trinajstić information content (AvgIpc) is 2.63. The van der Waals surface area contributed by atoms with Crippen LogP contribution in [0, 0.1) is 0 Å². The molecule has 1 N–H and O–H groups in total. The number of aromatic nitrogens is 3. The van der Waals surface area contributed by atoms with E-state index in [4.69, 9.17) is 0 Å². The Morgan fingerprint density at radius 1 is 1.00 bits per heavy atom. The first-order valence-electron chi connectivity index (χ1n) is 7.94. The van der Waals surface area contributed by atoms with Gasteiger partial charge in [0, 0.05) is 12.2 Å². The number of halogens is 3. The minimum absolute atomic E-state index is 0.00594. The van der Waals surface area contributed by atoms with Gasteiger partial charge in [-0.15, -0.1) is 5.10 Å². The van der Waals surface area contributed by atoms with Crippen molar-refractivity contribution in [1.29, 1.82) is 0 Å². The van der Waals surface area contributed by atoms with Gasteiger partial charge in [0.2, 0.25) is 5.95 Å². The molecule has 0 bridgehead atoms. The fraction of sp³-hybridized carbons (Fsp3) is 0.167. The van der Waals surface area contributed by atoms with Crippen LogP contribution >= 0.6 is 0 Å². The lowest BCUT2D eigenvalue weighted by atomic mass is 10.1. The van der Waals surface area contributed by atoms with Gasteiger partial charge in [-0.25, -0.2) is 0 Å². The predicted octanol–water partition coefficient (Wildman–Crippen LogP) is 4.79. The highest BCUT2D eigenvalue weighted by molar-refractivity contribution is 5.63. The molecule has 0 aliphatic carbocycles. The van der Waals surface area contributed by atoms with Gasteiger partial charge in [0.1, 0.15) is 0 Å². The van der Waals surface area contributed by atoms with Gasteiger partial charge in [-0.05, 0) is 31.2 Å². The number of benzene rings is 2. The highest BCUT2D eigenvalue weighted by Crippen LogP contribution is 2.35. The van der Waals surface area contributed by atoms with Crippen molar-refractivity contribution in [2.45, 2.75) is 13.1 Å². The number of nitrogens with zero attached hydrogens (tertiary/aromatic N) is 4. The SMILES string of the molecule is CCN(c1ccccc1)c1cnnc(Nc2ccccc2C(F)(F)F)n1. The maximum absolute atomic E-state index is 13.1. The molecule has 0 aliphatic heterocycles. The summed E-state index contributed by atoms with van der Waals surface area (Å²) in [5, 5.41) is 10.3. The zero-order valence-electron chi connectivity index (χ0n) is 13.9. The third-order valence-corrected chi connectivity index (χ3v) is 3.69. The topological polar surface area (TPSA) is 53.9 Å². The van der Waals surface area contributed by atoms with Crippen molar-refractivity contribution in [3.63, 3.8) is 0 Å². The highest BCUT2D eigenvalue weighted by Gasteiger charge is 2.33. The third kappa shape index (κ3) is 3.90. The van der Waals surface area contributed by atoms with Gasteiger partial charge in [0.15, 0.2) is 5.82 Å². The maximum atomic E-state index is 13.1. The summed E-state index contributed by atoms with van der Waals surface area (Å²) in [4.78, 5) is 6.20. The lowest BCUT2D eigenvalue weighted by Gasteiger charge is -2.22. The van der Waals surface area contributed by atoms with E-state index in [0.717, 1.165) is 11.8 Å². The molecule has 0 saturated carbocycles. The van der Waals surface area contributed by atoms with Crippen molar-refractivity contribution in [3.8, 4) is 0 Å². The smallest absolute Gasteiger partial charge is 0.325 e. The predicted molar refractivity (Wildman–Crippen MR) is 93.7 cm³/mol. The lowest BCUT2D eigenvalue weighted by Crippen LogP contribution is -2.18. The van der Waals surface area contributed by atoms with Crippen LogP contribution in [0.1, 0.15) is 12.5 Å². The molecule has 134 valence electrons. The summed E-state index contributed by atoms with van der Waals surface area (Å²) in [5.41, 5.74) is -0.0109. The molecule has 0 saturated heterocycles. The summed E-state index contributed by atoms with van der Waals surface area (Å²) in [7, 11) is 0. The normalized spacial score (nSPS) is 11.2. The molecule has 26 heavy (non-hydrogen) atoms. The van der Waals surface area contributed by atoms with Crippen molar-refractivity contribution >= 4 is 23.1 Å². The Balaban J connectivity index is 1.92. The van der Waals surface area contributed by atoms with Crippen molar-refractivity contribution in [1.82, 2.24) is 15.2 Å². The second-order valence-electron chi connectivity index (χ2n) is 5.39. The summed E-state index contributed by atoms with van der Waals surface area (Å²) in [6.45, 7) is 2.56. The van der Waals surface area contributed by atoms with Gasteiger partial charge >= 0.3 is 6.18 Å². The monoisotopic (exact) mass is 359 g/mol. The molecule has 0 atom stereocenters. The molecule has 0 unspecified atom stereocenters. The minimum Gasteiger partial charge on any atom is -0.325 e. The van der Waals surface area contributed by atoms with Crippen molar-refractivity contribution < 1.29 is 13.2 Å². The van der Waals surface area contributed by atoms with Crippen LogP contribution in [0.25, 0.3) is 0 Å². The zero-order chi connectivity index (χ0) is 18.6. The molecule has 2 aromatic carbocycles. The number of hydrogen-bond donors (Lipinski definition) is 1. The molecule has 0 amide bonds. The van der Waals surface area contributed by atoms with E-state index in [-0.39, 0.29) is 11.6 Å². The molecule has 8 heteroatoms. The molecule has 1 aromatic heterocycles. The molecular weight excluding hydrogens is 343 g/mol. The molecule has 0 radical (unpaired) electrons. The van der Waals surface area contributed by atoms with E-state index < -0.39 is 11.7 Å². The Labute approximate surface area is 148 Å². The maximum Gasteiger partial charge on any atom is 0.418 e. The van der Waals surface area contributed by atoms with Gasteiger partial charge in [-0.3, -0.25) is 0 Å². The number of rotatable bonds is 5. The van der Waals surface area contributed by atoms with Crippen molar-refractivity contribution in [3.05, 3.63) is 66.4 Å². The molecule has 5 nitrogen and oxygen atoms in total. The van der Waals surface area contributed by atoms with Crippen LogP contribution in [-0.2, 0) is 6.18 Å². The average molecular weight is 359 g/mol. The van der Waals surface area contributed by atoms with E-state index >= 15 is 0 Å². The molecule has 0 spiro atoms. The van der Waals surface area contributed by atoms with E-state index in [2.05, 4.69) is 20.5 Å². The standard InChI is InChI=1S/C18H16F3N5/c1-2-26(13-8-4-3-5-9-13)16-12-22-25-17(24-16)23-15-11-7-6-10-14(15)18(19,20)21/h3-12H,2H2,1H3,(H,23,24,25). The Hall–Kier alpha value is -3.16. The molecule has 3 rings (SSSR count). The molecule has 3 aromatic rings. The van der Waals surface area contributed by atoms with Gasteiger partial charge in [0.25, 0.3) is 0 Å². The molecule has 1 heterocycles.